The van der Waals surface area contributed by atoms with Crippen molar-refractivity contribution >= 4 is 22.8 Å². The molecule has 1 aromatic heterocycles. The smallest absolute Gasteiger partial charge is 0.422 e. The second-order valence-corrected chi connectivity index (χ2v) is 13.7. The largest absolute Gasteiger partial charge is 0.444 e. The van der Waals surface area contributed by atoms with Crippen molar-refractivity contribution in [1.82, 2.24) is 9.47 Å². The predicted molar refractivity (Wildman–Crippen MR) is 223 cm³/mol. The number of ether oxygens (including phenoxy) is 1. The molecule has 284 valence electrons. The van der Waals surface area contributed by atoms with E-state index in [-0.39, 0.29) is 12.7 Å². The lowest BCUT2D eigenvalue weighted by molar-refractivity contribution is -0.147. The lowest BCUT2D eigenvalue weighted by atomic mass is 10.0. The monoisotopic (exact) mass is 727 g/mol. The number of hydrogen-bond acceptors (Lipinski definition) is 6. The number of benzene rings is 3. The first kappa shape index (κ1) is 40.1. The van der Waals surface area contributed by atoms with Crippen molar-refractivity contribution in [3.8, 4) is 11.1 Å². The normalized spacial score (nSPS) is 14.3. The maximum atomic E-state index is 12.9. The fraction of sp³-hybridized carbons (Fsp3) is 0.362. The number of aromatic nitrogens is 1. The second-order valence-electron chi connectivity index (χ2n) is 13.7. The molecule has 7 nitrogen and oxygen atoms in total. The van der Waals surface area contributed by atoms with Crippen molar-refractivity contribution in [2.24, 2.45) is 0 Å². The van der Waals surface area contributed by atoms with Crippen LogP contribution in [0.5, 0.6) is 0 Å². The summed E-state index contributed by atoms with van der Waals surface area (Å²) in [6.45, 7) is 6.34. The molecular weight excluding hydrogens is 671 g/mol. The third-order valence-electron chi connectivity index (χ3n) is 9.59. The van der Waals surface area contributed by atoms with E-state index in [4.69, 9.17) is 9.15 Å². The molecule has 0 N–H and O–H groups in total. The molecule has 3 aromatic carbocycles. The van der Waals surface area contributed by atoms with Gasteiger partial charge in [-0.15, -0.1) is 0 Å². The van der Waals surface area contributed by atoms with Crippen LogP contribution in [0.2, 0.25) is 0 Å². The number of piperazine rings is 1. The number of esters is 1. The minimum absolute atomic E-state index is 0.149. The van der Waals surface area contributed by atoms with Gasteiger partial charge in [-0.05, 0) is 86.3 Å². The maximum absolute atomic E-state index is 12.9. The number of para-hydroxylation sites is 1. The summed E-state index contributed by atoms with van der Waals surface area (Å²) in [6.07, 6.45) is 31.1. The molecule has 0 radical (unpaired) electrons. The molecule has 0 aliphatic carbocycles. The summed E-state index contributed by atoms with van der Waals surface area (Å²) in [7, 11) is 0. The minimum atomic E-state index is -0.515. The number of rotatable bonds is 21. The van der Waals surface area contributed by atoms with Gasteiger partial charge in [0.05, 0.1) is 11.2 Å². The van der Waals surface area contributed by atoms with Crippen LogP contribution in [0.1, 0.15) is 76.7 Å². The maximum Gasteiger partial charge on any atom is 0.422 e. The minimum Gasteiger partial charge on any atom is -0.444 e. The molecule has 54 heavy (non-hydrogen) atoms. The number of oxazole rings is 1. The van der Waals surface area contributed by atoms with Gasteiger partial charge >= 0.3 is 11.7 Å². The van der Waals surface area contributed by atoms with Gasteiger partial charge in [-0.1, -0.05) is 129 Å². The van der Waals surface area contributed by atoms with Crippen LogP contribution in [-0.4, -0.2) is 41.6 Å². The zero-order valence-corrected chi connectivity index (χ0v) is 32.0. The van der Waals surface area contributed by atoms with Gasteiger partial charge < -0.3 is 14.1 Å². The summed E-state index contributed by atoms with van der Waals surface area (Å²) in [4.78, 5) is 30.1. The molecule has 1 saturated heterocycles. The average Bonchev–Trinajstić information content (AvgIpc) is 3.53. The predicted octanol–water partition coefficient (Wildman–Crippen LogP) is 10.8. The number of unbranched alkanes of at least 4 members (excludes halogenated alkanes) is 3. The van der Waals surface area contributed by atoms with Gasteiger partial charge in [0, 0.05) is 39.1 Å². The molecular formula is C47H57N3O4. The van der Waals surface area contributed by atoms with Crippen LogP contribution >= 0.6 is 0 Å². The summed E-state index contributed by atoms with van der Waals surface area (Å²) >= 11 is 0. The van der Waals surface area contributed by atoms with Gasteiger partial charge in [0.25, 0.3) is 0 Å². The molecule has 0 spiro atoms. The number of carbonyl (C=O) groups is 1. The molecule has 0 atom stereocenters. The van der Waals surface area contributed by atoms with Crippen LogP contribution in [0.25, 0.3) is 22.2 Å². The number of anilines is 1. The first-order chi connectivity index (χ1) is 26.6. The topological polar surface area (TPSA) is 67.9 Å². The van der Waals surface area contributed by atoms with Crippen molar-refractivity contribution in [2.75, 3.05) is 31.1 Å². The molecule has 0 unspecified atom stereocenters. The quantitative estimate of drug-likeness (QED) is 0.0484. The Balaban J connectivity index is 0.968. The highest BCUT2D eigenvalue weighted by molar-refractivity contribution is 5.87. The Morgan fingerprint density at radius 2 is 1.35 bits per heavy atom. The van der Waals surface area contributed by atoms with Crippen LogP contribution in [-0.2, 0) is 22.8 Å². The molecule has 1 fully saturated rings. The number of hydrogen-bond donors (Lipinski definition) is 0. The highest BCUT2D eigenvalue weighted by Crippen LogP contribution is 2.28. The van der Waals surface area contributed by atoms with E-state index in [1.54, 1.807) is 0 Å². The summed E-state index contributed by atoms with van der Waals surface area (Å²) in [5.41, 5.74) is 5.83. The van der Waals surface area contributed by atoms with Crippen LogP contribution < -0.4 is 10.7 Å². The van der Waals surface area contributed by atoms with Gasteiger partial charge in [0.15, 0.2) is 12.3 Å². The van der Waals surface area contributed by atoms with Gasteiger partial charge in [0.1, 0.15) is 0 Å². The molecule has 4 aromatic rings. The summed E-state index contributed by atoms with van der Waals surface area (Å²) in [6, 6.07) is 25.0. The van der Waals surface area contributed by atoms with E-state index in [9.17, 15) is 9.59 Å². The van der Waals surface area contributed by atoms with E-state index in [1.165, 1.54) is 21.3 Å². The number of fused-ring (bicyclic) bond motifs is 1. The molecule has 2 heterocycles. The fourth-order valence-electron chi connectivity index (χ4n) is 6.61. The summed E-state index contributed by atoms with van der Waals surface area (Å²) in [5.74, 6) is -0.813. The highest BCUT2D eigenvalue weighted by atomic mass is 16.5. The lowest BCUT2D eigenvalue weighted by Gasteiger charge is -2.36. The molecule has 1 aliphatic heterocycles. The number of allylic oxidation sites excluding steroid dienone is 10. The fourth-order valence-corrected chi connectivity index (χ4v) is 6.61. The van der Waals surface area contributed by atoms with Gasteiger partial charge in [-0.25, -0.2) is 9.36 Å². The van der Waals surface area contributed by atoms with Gasteiger partial charge in [-0.3, -0.25) is 9.69 Å². The Morgan fingerprint density at radius 1 is 0.704 bits per heavy atom. The van der Waals surface area contributed by atoms with Crippen molar-refractivity contribution in [3.05, 3.63) is 150 Å². The second kappa shape index (κ2) is 22.8. The van der Waals surface area contributed by atoms with Crippen LogP contribution in [0.15, 0.2) is 143 Å². The Labute approximate surface area is 321 Å². The first-order valence-corrected chi connectivity index (χ1v) is 19.8. The molecule has 0 saturated carbocycles. The first-order valence-electron chi connectivity index (χ1n) is 19.8. The molecule has 5 rings (SSSR count). The van der Waals surface area contributed by atoms with Crippen molar-refractivity contribution in [2.45, 2.75) is 84.4 Å². The molecule has 1 aliphatic rings. The van der Waals surface area contributed by atoms with E-state index in [1.807, 2.05) is 24.3 Å². The number of nitrogens with zero attached hydrogens (tertiary/aromatic N) is 3. The molecule has 0 amide bonds. The summed E-state index contributed by atoms with van der Waals surface area (Å²) in [5, 5.41) is 0. The van der Waals surface area contributed by atoms with Crippen molar-refractivity contribution < 1.29 is 13.9 Å². The van der Waals surface area contributed by atoms with Crippen LogP contribution in [0.4, 0.5) is 5.69 Å². The summed E-state index contributed by atoms with van der Waals surface area (Å²) < 4.78 is 12.7. The SMILES string of the molecule is CC/C=C\C/C=C\C/C=C\C/C=C\C/C=C\CCCCCC(=O)OCn1c(=O)oc2c(N3CCN(Cc4cccc(-c5ccccc5)c4)CC3)cccc21. The van der Waals surface area contributed by atoms with E-state index in [0.717, 1.165) is 96.2 Å². The van der Waals surface area contributed by atoms with Crippen LogP contribution in [0, 0.1) is 0 Å². The standard InChI is InChI=1S/C47H57N3O4/c1-2-3-4-5-6-7-8-9-10-11-12-13-14-15-16-17-18-19-23-32-45(51)53-39-50-44-31-25-30-43(46(44)54-47(50)52)49-35-33-48(34-36-49)38-40-26-24-29-42(37-40)41-27-21-20-22-28-41/h3-4,6-7,9-10,12-13,15-16,20-22,24-31,37H,2,5,8,11,14,17-19,23,32-36,38-39H2,1H3/b4-3-,7-6-,10-9-,13-12-,16-15-. The average molecular weight is 728 g/mol. The third-order valence-corrected chi connectivity index (χ3v) is 9.59. The Bertz CT molecular complexity index is 1920. The number of carbonyl (C=O) groups excluding carboxylic acids is 1. The van der Waals surface area contributed by atoms with Gasteiger partial charge in [-0.2, -0.15) is 0 Å². The zero-order valence-electron chi connectivity index (χ0n) is 32.0. The Morgan fingerprint density at radius 3 is 2.06 bits per heavy atom. The van der Waals surface area contributed by atoms with Crippen molar-refractivity contribution in [3.63, 3.8) is 0 Å². The van der Waals surface area contributed by atoms with E-state index < -0.39 is 5.76 Å². The van der Waals surface area contributed by atoms with Crippen molar-refractivity contribution in [1.29, 1.82) is 0 Å². The zero-order chi connectivity index (χ0) is 37.6. The van der Waals surface area contributed by atoms with Crippen LogP contribution in [0.3, 0.4) is 0 Å². The highest BCUT2D eigenvalue weighted by Gasteiger charge is 2.22. The lowest BCUT2D eigenvalue weighted by Crippen LogP contribution is -2.46. The Hall–Kier alpha value is -5.14. The molecule has 0 bridgehead atoms. The van der Waals surface area contributed by atoms with E-state index in [0.29, 0.717) is 17.5 Å². The molecule has 7 heteroatoms. The van der Waals surface area contributed by atoms with E-state index >= 15 is 0 Å². The van der Waals surface area contributed by atoms with E-state index in [2.05, 4.69) is 126 Å². The third kappa shape index (κ3) is 13.1. The Kier molecular flexibility index (Phi) is 16.9. The van der Waals surface area contributed by atoms with Gasteiger partial charge in [0.2, 0.25) is 0 Å².